The molecule has 0 fully saturated rings. The molecule has 0 saturated carbocycles. The van der Waals surface area contributed by atoms with Crippen molar-refractivity contribution in [2.24, 2.45) is 0 Å². The van der Waals surface area contributed by atoms with Crippen LogP contribution in [0.3, 0.4) is 0 Å². The number of aryl methyl sites for hydroxylation is 1. The minimum Gasteiger partial charge on any atom is -0.368 e. The zero-order valence-corrected chi connectivity index (χ0v) is 13.2. The van der Waals surface area contributed by atoms with E-state index in [9.17, 15) is 0 Å². The second-order valence-corrected chi connectivity index (χ2v) is 5.37. The second kappa shape index (κ2) is 5.25. The summed E-state index contributed by atoms with van der Waals surface area (Å²) in [5.74, 6) is 0.974. The molecule has 7 heteroatoms. The fourth-order valence-electron chi connectivity index (χ4n) is 2.49. The van der Waals surface area contributed by atoms with Gasteiger partial charge in [0.05, 0.1) is 11.7 Å². The molecule has 3 rings (SSSR count). The number of imidazole rings is 1. The summed E-state index contributed by atoms with van der Waals surface area (Å²) in [5.41, 5.74) is 11.3. The Hall–Kier alpha value is -2.70. The Morgan fingerprint density at radius 2 is 2.00 bits per heavy atom. The molecule has 0 unspecified atom stereocenters. The lowest BCUT2D eigenvalue weighted by Crippen LogP contribution is -2.10. The van der Waals surface area contributed by atoms with Crippen LogP contribution in [-0.2, 0) is 6.54 Å². The number of fused-ring (bicyclic) bond motifs is 1. The van der Waals surface area contributed by atoms with Crippen molar-refractivity contribution in [1.82, 2.24) is 29.3 Å². The van der Waals surface area contributed by atoms with Gasteiger partial charge in [-0.15, -0.1) is 0 Å². The summed E-state index contributed by atoms with van der Waals surface area (Å²) >= 11 is 0. The SMILES string of the molecule is CCn1c(-n2ncnc2N)nc2cncc(C(C)=C(C)C)c21. The number of anilines is 1. The molecular weight excluding hydrogens is 278 g/mol. The summed E-state index contributed by atoms with van der Waals surface area (Å²) in [6, 6.07) is 0. The number of nitrogens with two attached hydrogens (primary N) is 1. The van der Waals surface area contributed by atoms with E-state index in [-0.39, 0.29) is 0 Å². The summed E-state index contributed by atoms with van der Waals surface area (Å²) < 4.78 is 3.63. The molecule has 0 atom stereocenters. The maximum absolute atomic E-state index is 5.88. The molecule has 3 aromatic rings. The third kappa shape index (κ3) is 2.05. The van der Waals surface area contributed by atoms with Gasteiger partial charge in [-0.05, 0) is 33.3 Å². The number of nitrogen functional groups attached to an aromatic ring is 1. The Labute approximate surface area is 128 Å². The second-order valence-electron chi connectivity index (χ2n) is 5.37. The van der Waals surface area contributed by atoms with E-state index in [0.717, 1.165) is 23.1 Å². The lowest BCUT2D eigenvalue weighted by molar-refractivity contribution is 0.705. The minimum absolute atomic E-state index is 0.318. The summed E-state index contributed by atoms with van der Waals surface area (Å²) in [6.07, 6.45) is 5.07. The standard InChI is InChI=1S/C15H19N7/c1-5-21-13-11(10(4)9(2)3)6-17-7-12(13)20-15(21)22-14(16)18-8-19-22/h6-8H,5H2,1-4H3,(H2,16,18,19). The first-order valence-corrected chi connectivity index (χ1v) is 7.19. The van der Waals surface area contributed by atoms with Gasteiger partial charge in [0.2, 0.25) is 11.9 Å². The maximum atomic E-state index is 5.88. The third-order valence-corrected chi connectivity index (χ3v) is 3.86. The minimum atomic E-state index is 0.318. The molecule has 22 heavy (non-hydrogen) atoms. The normalized spacial score (nSPS) is 11.1. The van der Waals surface area contributed by atoms with Gasteiger partial charge < -0.3 is 10.3 Å². The summed E-state index contributed by atoms with van der Waals surface area (Å²) in [5, 5.41) is 4.16. The highest BCUT2D eigenvalue weighted by atomic mass is 15.4. The Bertz CT molecular complexity index is 865. The van der Waals surface area contributed by atoms with E-state index < -0.39 is 0 Å². The number of allylic oxidation sites excluding steroid dienone is 2. The van der Waals surface area contributed by atoms with Crippen LogP contribution in [0.25, 0.3) is 22.6 Å². The smallest absolute Gasteiger partial charge is 0.235 e. The van der Waals surface area contributed by atoms with Crippen molar-refractivity contribution in [3.05, 3.63) is 29.9 Å². The van der Waals surface area contributed by atoms with Gasteiger partial charge in [-0.1, -0.05) is 5.57 Å². The van der Waals surface area contributed by atoms with E-state index >= 15 is 0 Å². The van der Waals surface area contributed by atoms with E-state index in [1.54, 1.807) is 10.9 Å². The molecule has 0 spiro atoms. The molecule has 114 valence electrons. The third-order valence-electron chi connectivity index (χ3n) is 3.86. The summed E-state index contributed by atoms with van der Waals surface area (Å²) in [4.78, 5) is 12.9. The molecule has 7 nitrogen and oxygen atoms in total. The number of hydrogen-bond donors (Lipinski definition) is 1. The Balaban J connectivity index is 2.38. The van der Waals surface area contributed by atoms with Crippen molar-refractivity contribution in [3.63, 3.8) is 0 Å². The number of pyridine rings is 1. The van der Waals surface area contributed by atoms with Gasteiger partial charge in [0.1, 0.15) is 11.8 Å². The van der Waals surface area contributed by atoms with Gasteiger partial charge in [-0.25, -0.2) is 4.98 Å². The monoisotopic (exact) mass is 297 g/mol. The van der Waals surface area contributed by atoms with E-state index in [4.69, 9.17) is 5.73 Å². The number of rotatable bonds is 3. The number of aromatic nitrogens is 6. The summed E-state index contributed by atoms with van der Waals surface area (Å²) in [7, 11) is 0. The maximum Gasteiger partial charge on any atom is 0.235 e. The summed E-state index contributed by atoms with van der Waals surface area (Å²) in [6.45, 7) is 9.11. The van der Waals surface area contributed by atoms with Crippen molar-refractivity contribution in [1.29, 1.82) is 0 Å². The molecule has 3 heterocycles. The van der Waals surface area contributed by atoms with Crippen molar-refractivity contribution < 1.29 is 0 Å². The van der Waals surface area contributed by atoms with Crippen LogP contribution in [0.2, 0.25) is 0 Å². The lowest BCUT2D eigenvalue weighted by Gasteiger charge is -2.10. The van der Waals surface area contributed by atoms with Gasteiger partial charge in [0.25, 0.3) is 0 Å². The van der Waals surface area contributed by atoms with Crippen LogP contribution in [0.4, 0.5) is 5.95 Å². The molecule has 0 aliphatic rings. The lowest BCUT2D eigenvalue weighted by atomic mass is 10.0. The van der Waals surface area contributed by atoms with Gasteiger partial charge in [-0.3, -0.25) is 4.98 Å². The largest absolute Gasteiger partial charge is 0.368 e. The van der Waals surface area contributed by atoms with Crippen molar-refractivity contribution >= 4 is 22.6 Å². The van der Waals surface area contributed by atoms with Crippen molar-refractivity contribution in [3.8, 4) is 5.95 Å². The van der Waals surface area contributed by atoms with Crippen molar-refractivity contribution in [2.75, 3.05) is 5.73 Å². The average molecular weight is 297 g/mol. The first-order chi connectivity index (χ1) is 10.5. The zero-order valence-electron chi connectivity index (χ0n) is 13.2. The van der Waals surface area contributed by atoms with Crippen molar-refractivity contribution in [2.45, 2.75) is 34.2 Å². The molecule has 0 amide bonds. The van der Waals surface area contributed by atoms with Crippen LogP contribution >= 0.6 is 0 Å². The zero-order chi connectivity index (χ0) is 15.9. The average Bonchev–Trinajstić information content (AvgIpc) is 3.08. The highest BCUT2D eigenvalue weighted by Crippen LogP contribution is 2.28. The van der Waals surface area contributed by atoms with Crippen LogP contribution in [0.15, 0.2) is 24.3 Å². The van der Waals surface area contributed by atoms with Crippen LogP contribution in [0.1, 0.15) is 33.3 Å². The van der Waals surface area contributed by atoms with Crippen LogP contribution in [0.5, 0.6) is 0 Å². The molecule has 0 bridgehead atoms. The van der Waals surface area contributed by atoms with E-state index in [0.29, 0.717) is 11.9 Å². The number of hydrogen-bond acceptors (Lipinski definition) is 5. The molecule has 3 aromatic heterocycles. The van der Waals surface area contributed by atoms with Gasteiger partial charge in [0.15, 0.2) is 0 Å². The Morgan fingerprint density at radius 1 is 1.23 bits per heavy atom. The molecule has 0 saturated heterocycles. The molecular formula is C15H19N7. The molecule has 0 aliphatic heterocycles. The van der Waals surface area contributed by atoms with E-state index in [1.807, 2.05) is 6.20 Å². The highest BCUT2D eigenvalue weighted by Gasteiger charge is 2.18. The Morgan fingerprint density at radius 3 is 2.59 bits per heavy atom. The highest BCUT2D eigenvalue weighted by molar-refractivity contribution is 5.89. The van der Waals surface area contributed by atoms with Crippen LogP contribution in [0, 0.1) is 0 Å². The van der Waals surface area contributed by atoms with E-state index in [2.05, 4.69) is 52.3 Å². The molecule has 0 radical (unpaired) electrons. The predicted octanol–water partition coefficient (Wildman–Crippen LogP) is 2.43. The molecule has 0 aliphatic carbocycles. The predicted molar refractivity (Wildman–Crippen MR) is 86.5 cm³/mol. The van der Waals surface area contributed by atoms with Crippen LogP contribution < -0.4 is 5.73 Å². The molecule has 2 N–H and O–H groups in total. The molecule has 0 aromatic carbocycles. The quantitative estimate of drug-likeness (QED) is 0.802. The van der Waals surface area contributed by atoms with Gasteiger partial charge in [0, 0.05) is 18.3 Å². The first kappa shape index (κ1) is 14.2. The Kier molecular flexibility index (Phi) is 3.40. The first-order valence-electron chi connectivity index (χ1n) is 7.19. The van der Waals surface area contributed by atoms with Gasteiger partial charge in [-0.2, -0.15) is 14.8 Å². The fraction of sp³-hybridized carbons (Fsp3) is 0.333. The topological polar surface area (TPSA) is 87.4 Å². The fourth-order valence-corrected chi connectivity index (χ4v) is 2.49. The van der Waals surface area contributed by atoms with Crippen LogP contribution in [-0.4, -0.2) is 29.3 Å². The number of nitrogens with zero attached hydrogens (tertiary/aromatic N) is 6. The van der Waals surface area contributed by atoms with Gasteiger partial charge >= 0.3 is 0 Å². The van der Waals surface area contributed by atoms with E-state index in [1.165, 1.54) is 17.5 Å².